The van der Waals surface area contributed by atoms with E-state index in [2.05, 4.69) is 0 Å². The lowest BCUT2D eigenvalue weighted by Gasteiger charge is -2.15. The molecular weight excluding hydrogens is 222 g/mol. The topological polar surface area (TPSA) is 72.6 Å². The molecule has 0 heterocycles. The Kier molecular flexibility index (Phi) is 4.90. The molecule has 0 aromatic heterocycles. The van der Waals surface area contributed by atoms with Crippen molar-refractivity contribution < 1.29 is 14.8 Å². The highest BCUT2D eigenvalue weighted by atomic mass is 16.6. The average Bonchev–Trinajstić information content (AvgIpc) is 2.35. The summed E-state index contributed by atoms with van der Waals surface area (Å²) in [5.74, 6) is 0.265. The van der Waals surface area contributed by atoms with Crippen LogP contribution in [0.2, 0.25) is 0 Å². The van der Waals surface area contributed by atoms with Crippen LogP contribution in [0, 0.1) is 10.1 Å². The fourth-order valence-electron chi connectivity index (χ4n) is 1.54. The van der Waals surface area contributed by atoms with Gasteiger partial charge in [-0.3, -0.25) is 10.1 Å². The van der Waals surface area contributed by atoms with Crippen LogP contribution >= 0.6 is 0 Å². The number of aliphatic hydroxyl groups is 1. The molecule has 0 saturated carbocycles. The first-order valence-corrected chi connectivity index (χ1v) is 5.67. The van der Waals surface area contributed by atoms with Gasteiger partial charge in [-0.2, -0.15) is 0 Å². The van der Waals surface area contributed by atoms with Crippen LogP contribution in [0.1, 0.15) is 32.3 Å². The molecule has 1 aromatic rings. The number of hydrogen-bond acceptors (Lipinski definition) is 4. The second kappa shape index (κ2) is 6.20. The zero-order valence-electron chi connectivity index (χ0n) is 10.0. The van der Waals surface area contributed by atoms with Crippen molar-refractivity contribution in [1.82, 2.24) is 0 Å². The molecule has 0 aliphatic carbocycles. The third-order valence-electron chi connectivity index (χ3n) is 2.61. The van der Waals surface area contributed by atoms with Crippen LogP contribution in [0.25, 0.3) is 0 Å². The first-order valence-electron chi connectivity index (χ1n) is 5.67. The van der Waals surface area contributed by atoms with Gasteiger partial charge in [-0.05, 0) is 24.5 Å². The van der Waals surface area contributed by atoms with Crippen molar-refractivity contribution in [2.45, 2.75) is 39.4 Å². The van der Waals surface area contributed by atoms with Crippen molar-refractivity contribution in [3.8, 4) is 5.75 Å². The molecule has 17 heavy (non-hydrogen) atoms. The lowest BCUT2D eigenvalue weighted by molar-refractivity contribution is -0.386. The van der Waals surface area contributed by atoms with E-state index in [1.165, 1.54) is 6.07 Å². The predicted molar refractivity (Wildman–Crippen MR) is 64.0 cm³/mol. The summed E-state index contributed by atoms with van der Waals surface area (Å²) in [5, 5.41) is 19.8. The lowest BCUT2D eigenvalue weighted by Crippen LogP contribution is -2.14. The molecule has 0 aliphatic rings. The third-order valence-corrected chi connectivity index (χ3v) is 2.61. The van der Waals surface area contributed by atoms with E-state index < -0.39 is 4.92 Å². The second-order valence-corrected chi connectivity index (χ2v) is 3.77. The molecule has 0 unspecified atom stereocenters. The van der Waals surface area contributed by atoms with Gasteiger partial charge in [-0.25, -0.2) is 0 Å². The van der Waals surface area contributed by atoms with E-state index in [0.717, 1.165) is 12.8 Å². The smallest absolute Gasteiger partial charge is 0.311 e. The molecule has 0 atom stereocenters. The molecule has 1 N–H and O–H groups in total. The van der Waals surface area contributed by atoms with Gasteiger partial charge in [0, 0.05) is 6.07 Å². The minimum Gasteiger partial charge on any atom is -0.484 e. The molecule has 0 fully saturated rings. The summed E-state index contributed by atoms with van der Waals surface area (Å²) in [6.45, 7) is 3.73. The first kappa shape index (κ1) is 13.4. The summed E-state index contributed by atoms with van der Waals surface area (Å²) in [4.78, 5) is 10.4. The standard InChI is InChI=1S/C12H17NO4/c1-3-10(4-2)17-12-6-5-9(8-14)7-11(12)13(15)16/h5-7,10,14H,3-4,8H2,1-2H3. The van der Waals surface area contributed by atoms with E-state index in [1.54, 1.807) is 12.1 Å². The van der Waals surface area contributed by atoms with Crippen molar-refractivity contribution in [3.05, 3.63) is 33.9 Å². The van der Waals surface area contributed by atoms with Gasteiger partial charge in [0.1, 0.15) is 0 Å². The Morgan fingerprint density at radius 1 is 1.41 bits per heavy atom. The van der Waals surface area contributed by atoms with E-state index in [4.69, 9.17) is 9.84 Å². The monoisotopic (exact) mass is 239 g/mol. The Morgan fingerprint density at radius 3 is 2.53 bits per heavy atom. The maximum Gasteiger partial charge on any atom is 0.311 e. The number of ether oxygens (including phenoxy) is 1. The van der Waals surface area contributed by atoms with Crippen LogP contribution in [-0.2, 0) is 6.61 Å². The Bertz CT molecular complexity index is 388. The van der Waals surface area contributed by atoms with Gasteiger partial charge in [-0.1, -0.05) is 19.9 Å². The first-order chi connectivity index (χ1) is 8.12. The summed E-state index contributed by atoms with van der Waals surface area (Å²) < 4.78 is 5.58. The SMILES string of the molecule is CCC(CC)Oc1ccc(CO)cc1[N+](=O)[O-]. The van der Waals surface area contributed by atoms with Gasteiger partial charge in [0.15, 0.2) is 5.75 Å². The number of aliphatic hydroxyl groups excluding tert-OH is 1. The van der Waals surface area contributed by atoms with Crippen LogP contribution in [0.5, 0.6) is 5.75 Å². The largest absolute Gasteiger partial charge is 0.484 e. The van der Waals surface area contributed by atoms with E-state index in [9.17, 15) is 10.1 Å². The Hall–Kier alpha value is -1.62. The third kappa shape index (κ3) is 3.42. The summed E-state index contributed by atoms with van der Waals surface area (Å²) in [7, 11) is 0. The van der Waals surface area contributed by atoms with Gasteiger partial charge < -0.3 is 9.84 Å². The molecular formula is C12H17NO4. The average molecular weight is 239 g/mol. The lowest BCUT2D eigenvalue weighted by atomic mass is 10.2. The normalized spacial score (nSPS) is 10.6. The van der Waals surface area contributed by atoms with Crippen molar-refractivity contribution in [2.75, 3.05) is 0 Å². The molecule has 94 valence electrons. The van der Waals surface area contributed by atoms with E-state index in [-0.39, 0.29) is 24.1 Å². The molecule has 0 aliphatic heterocycles. The highest BCUT2D eigenvalue weighted by molar-refractivity contribution is 5.48. The number of hydrogen-bond donors (Lipinski definition) is 1. The zero-order valence-corrected chi connectivity index (χ0v) is 10.0. The van der Waals surface area contributed by atoms with E-state index in [1.807, 2.05) is 13.8 Å². The molecule has 0 radical (unpaired) electrons. The van der Waals surface area contributed by atoms with Crippen LogP contribution < -0.4 is 4.74 Å². The van der Waals surface area contributed by atoms with Gasteiger partial charge in [-0.15, -0.1) is 0 Å². The maximum absolute atomic E-state index is 10.9. The van der Waals surface area contributed by atoms with Crippen LogP contribution in [0.15, 0.2) is 18.2 Å². The predicted octanol–water partition coefficient (Wildman–Crippen LogP) is 2.65. The quantitative estimate of drug-likeness (QED) is 0.611. The Labute approximate surface area is 100 Å². The van der Waals surface area contributed by atoms with Crippen molar-refractivity contribution in [3.63, 3.8) is 0 Å². The summed E-state index contributed by atoms with van der Waals surface area (Å²) in [5.41, 5.74) is 0.414. The summed E-state index contributed by atoms with van der Waals surface area (Å²) in [6.07, 6.45) is 1.58. The van der Waals surface area contributed by atoms with E-state index in [0.29, 0.717) is 5.56 Å². The van der Waals surface area contributed by atoms with Gasteiger partial charge in [0.05, 0.1) is 17.6 Å². The molecule has 0 amide bonds. The highest BCUT2D eigenvalue weighted by Gasteiger charge is 2.18. The fraction of sp³-hybridized carbons (Fsp3) is 0.500. The highest BCUT2D eigenvalue weighted by Crippen LogP contribution is 2.29. The van der Waals surface area contributed by atoms with E-state index >= 15 is 0 Å². The number of nitro benzene ring substituents is 1. The van der Waals surface area contributed by atoms with Gasteiger partial charge in [0.25, 0.3) is 0 Å². The molecule has 1 aromatic carbocycles. The molecule has 0 saturated heterocycles. The zero-order chi connectivity index (χ0) is 12.8. The van der Waals surface area contributed by atoms with Crippen LogP contribution in [0.3, 0.4) is 0 Å². The number of nitrogens with zero attached hydrogens (tertiary/aromatic N) is 1. The van der Waals surface area contributed by atoms with Crippen molar-refractivity contribution >= 4 is 5.69 Å². The minimum atomic E-state index is -0.489. The molecule has 0 bridgehead atoms. The Morgan fingerprint density at radius 2 is 2.06 bits per heavy atom. The van der Waals surface area contributed by atoms with Crippen molar-refractivity contribution in [1.29, 1.82) is 0 Å². The molecule has 1 rings (SSSR count). The summed E-state index contributed by atoms with van der Waals surface area (Å²) >= 11 is 0. The number of benzene rings is 1. The summed E-state index contributed by atoms with van der Waals surface area (Å²) in [6, 6.07) is 4.52. The fourth-order valence-corrected chi connectivity index (χ4v) is 1.54. The van der Waals surface area contributed by atoms with Gasteiger partial charge in [0.2, 0.25) is 0 Å². The molecule has 0 spiro atoms. The minimum absolute atomic E-state index is 0.0197. The van der Waals surface area contributed by atoms with Crippen molar-refractivity contribution in [2.24, 2.45) is 0 Å². The Balaban J connectivity index is 3.01. The maximum atomic E-state index is 10.9. The number of rotatable bonds is 6. The van der Waals surface area contributed by atoms with Crippen LogP contribution in [-0.4, -0.2) is 16.1 Å². The van der Waals surface area contributed by atoms with Gasteiger partial charge >= 0.3 is 5.69 Å². The van der Waals surface area contributed by atoms with Crippen LogP contribution in [0.4, 0.5) is 5.69 Å². The molecule has 5 heteroatoms. The second-order valence-electron chi connectivity index (χ2n) is 3.77. The molecule has 5 nitrogen and oxygen atoms in total. The number of nitro groups is 1.